The molecule has 13 heavy (non-hydrogen) atoms. The van der Waals surface area contributed by atoms with Crippen molar-refractivity contribution in [1.82, 2.24) is 0 Å². The smallest absolute Gasteiger partial charge is 0.126 e. The monoisotopic (exact) mass is 179 g/mol. The van der Waals surface area contributed by atoms with Gasteiger partial charge in [-0.05, 0) is 31.0 Å². The van der Waals surface area contributed by atoms with Crippen LogP contribution in [0.3, 0.4) is 0 Å². The highest BCUT2D eigenvalue weighted by Crippen LogP contribution is 2.07. The lowest BCUT2D eigenvalue weighted by molar-refractivity contribution is 0.615. The Morgan fingerprint density at radius 3 is 2.69 bits per heavy atom. The zero-order chi connectivity index (χ0) is 9.52. The molecule has 0 spiro atoms. The van der Waals surface area contributed by atoms with Gasteiger partial charge in [0.05, 0.1) is 0 Å². The average molecular weight is 179 g/mol. The molecule has 0 aliphatic rings. The fraction of sp³-hybridized carbons (Fsp3) is 0.273. The highest BCUT2D eigenvalue weighted by atomic mass is 19.1. The molecule has 0 atom stereocenters. The molecule has 2 N–H and O–H groups in total. The molecule has 0 aromatic heterocycles. The second-order valence-corrected chi connectivity index (χ2v) is 2.84. The van der Waals surface area contributed by atoms with Gasteiger partial charge in [0, 0.05) is 0 Å². The first-order valence-electron chi connectivity index (χ1n) is 4.43. The van der Waals surface area contributed by atoms with Crippen LogP contribution in [0.5, 0.6) is 0 Å². The summed E-state index contributed by atoms with van der Waals surface area (Å²) in [5.74, 6) is -0.139. The second kappa shape index (κ2) is 5.49. The van der Waals surface area contributed by atoms with E-state index in [0.717, 1.165) is 12.0 Å². The van der Waals surface area contributed by atoms with Crippen molar-refractivity contribution in [3.05, 3.63) is 47.8 Å². The van der Waals surface area contributed by atoms with E-state index in [9.17, 15) is 4.39 Å². The van der Waals surface area contributed by atoms with Crippen LogP contribution in [0.4, 0.5) is 4.39 Å². The van der Waals surface area contributed by atoms with E-state index < -0.39 is 0 Å². The minimum absolute atomic E-state index is 0.139. The first-order chi connectivity index (χ1) is 6.34. The third-order valence-corrected chi connectivity index (χ3v) is 1.80. The summed E-state index contributed by atoms with van der Waals surface area (Å²) < 4.78 is 13.0. The Bertz CT molecular complexity index is 281. The van der Waals surface area contributed by atoms with Gasteiger partial charge in [-0.3, -0.25) is 0 Å². The predicted molar refractivity (Wildman–Crippen MR) is 52.9 cm³/mol. The molecule has 0 unspecified atom stereocenters. The minimum Gasteiger partial charge on any atom is -0.330 e. The summed E-state index contributed by atoms with van der Waals surface area (Å²) in [4.78, 5) is 0. The van der Waals surface area contributed by atoms with E-state index in [1.54, 1.807) is 12.1 Å². The first-order valence-corrected chi connectivity index (χ1v) is 4.43. The summed E-state index contributed by atoms with van der Waals surface area (Å²) in [6.07, 6.45) is 5.43. The summed E-state index contributed by atoms with van der Waals surface area (Å²) >= 11 is 0. The van der Waals surface area contributed by atoms with Crippen LogP contribution in [0, 0.1) is 5.82 Å². The van der Waals surface area contributed by atoms with E-state index in [1.165, 1.54) is 6.07 Å². The van der Waals surface area contributed by atoms with Gasteiger partial charge in [-0.15, -0.1) is 0 Å². The SMILES string of the molecule is NCCC=CCc1ccccc1F. The van der Waals surface area contributed by atoms with Crippen LogP contribution in [0.25, 0.3) is 0 Å². The summed E-state index contributed by atoms with van der Waals surface area (Å²) in [5.41, 5.74) is 6.04. The fourth-order valence-corrected chi connectivity index (χ4v) is 1.09. The molecule has 70 valence electrons. The van der Waals surface area contributed by atoms with Crippen molar-refractivity contribution >= 4 is 0 Å². The molecule has 0 heterocycles. The van der Waals surface area contributed by atoms with Crippen LogP contribution >= 0.6 is 0 Å². The van der Waals surface area contributed by atoms with Gasteiger partial charge in [-0.25, -0.2) is 4.39 Å². The van der Waals surface area contributed by atoms with Gasteiger partial charge in [0.15, 0.2) is 0 Å². The van der Waals surface area contributed by atoms with Crippen molar-refractivity contribution in [3.8, 4) is 0 Å². The molecule has 1 nitrogen and oxygen atoms in total. The Balaban J connectivity index is 2.49. The molecule has 0 bridgehead atoms. The Morgan fingerprint density at radius 1 is 1.23 bits per heavy atom. The minimum atomic E-state index is -0.139. The van der Waals surface area contributed by atoms with Crippen molar-refractivity contribution in [2.24, 2.45) is 5.73 Å². The summed E-state index contributed by atoms with van der Waals surface area (Å²) in [7, 11) is 0. The Kier molecular flexibility index (Phi) is 4.19. The molecule has 0 radical (unpaired) electrons. The second-order valence-electron chi connectivity index (χ2n) is 2.84. The molecule has 1 rings (SSSR count). The molecule has 0 aliphatic heterocycles. The lowest BCUT2D eigenvalue weighted by atomic mass is 10.1. The lowest BCUT2D eigenvalue weighted by Crippen LogP contribution is -1.95. The molecule has 2 heteroatoms. The quantitative estimate of drug-likeness (QED) is 0.705. The standard InChI is InChI=1S/C11H14FN/c12-11-8-4-3-7-10(11)6-2-1-5-9-13/h1-4,7-8H,5-6,9,13H2. The van der Waals surface area contributed by atoms with Crippen molar-refractivity contribution < 1.29 is 4.39 Å². The van der Waals surface area contributed by atoms with E-state index in [2.05, 4.69) is 0 Å². The molecule has 0 saturated carbocycles. The molecule has 0 saturated heterocycles. The molecule has 1 aromatic carbocycles. The largest absolute Gasteiger partial charge is 0.330 e. The topological polar surface area (TPSA) is 26.0 Å². The Morgan fingerprint density at radius 2 is 2.00 bits per heavy atom. The van der Waals surface area contributed by atoms with E-state index >= 15 is 0 Å². The van der Waals surface area contributed by atoms with Crippen LogP contribution < -0.4 is 5.73 Å². The summed E-state index contributed by atoms with van der Waals surface area (Å²) in [6, 6.07) is 6.81. The molecule has 0 aliphatic carbocycles. The maximum Gasteiger partial charge on any atom is 0.126 e. The first kappa shape index (κ1) is 9.93. The maximum atomic E-state index is 13.0. The zero-order valence-corrected chi connectivity index (χ0v) is 7.54. The number of nitrogens with two attached hydrogens (primary N) is 1. The highest BCUT2D eigenvalue weighted by Gasteiger charge is 1.95. The Hall–Kier alpha value is -1.15. The third kappa shape index (κ3) is 3.38. The predicted octanol–water partition coefficient (Wildman–Crippen LogP) is 2.27. The van der Waals surface area contributed by atoms with Gasteiger partial charge in [0.1, 0.15) is 5.82 Å². The van der Waals surface area contributed by atoms with Crippen molar-refractivity contribution in [2.75, 3.05) is 6.54 Å². The van der Waals surface area contributed by atoms with Crippen LogP contribution in [0.2, 0.25) is 0 Å². The molecule has 0 fully saturated rings. The van der Waals surface area contributed by atoms with Crippen LogP contribution in [0.15, 0.2) is 36.4 Å². The number of hydrogen-bond acceptors (Lipinski definition) is 1. The average Bonchev–Trinajstić information content (AvgIpc) is 2.15. The van der Waals surface area contributed by atoms with E-state index in [1.807, 2.05) is 18.2 Å². The Labute approximate surface area is 78.1 Å². The van der Waals surface area contributed by atoms with Crippen molar-refractivity contribution in [2.45, 2.75) is 12.8 Å². The lowest BCUT2D eigenvalue weighted by Gasteiger charge is -1.97. The van der Waals surface area contributed by atoms with Crippen molar-refractivity contribution in [1.29, 1.82) is 0 Å². The molecular formula is C11H14FN. The van der Waals surface area contributed by atoms with E-state index in [4.69, 9.17) is 5.73 Å². The van der Waals surface area contributed by atoms with Gasteiger partial charge < -0.3 is 5.73 Å². The number of benzene rings is 1. The highest BCUT2D eigenvalue weighted by molar-refractivity contribution is 5.19. The molecule has 0 amide bonds. The van der Waals surface area contributed by atoms with Crippen LogP contribution in [-0.4, -0.2) is 6.54 Å². The van der Waals surface area contributed by atoms with E-state index in [-0.39, 0.29) is 5.82 Å². The fourth-order valence-electron chi connectivity index (χ4n) is 1.09. The van der Waals surface area contributed by atoms with Crippen molar-refractivity contribution in [3.63, 3.8) is 0 Å². The van der Waals surface area contributed by atoms with Crippen LogP contribution in [0.1, 0.15) is 12.0 Å². The number of halogens is 1. The number of hydrogen-bond donors (Lipinski definition) is 1. The molecule has 1 aromatic rings. The summed E-state index contributed by atoms with van der Waals surface area (Å²) in [5, 5.41) is 0. The summed E-state index contributed by atoms with van der Waals surface area (Å²) in [6.45, 7) is 0.647. The van der Waals surface area contributed by atoms with Gasteiger partial charge in [0.2, 0.25) is 0 Å². The number of allylic oxidation sites excluding steroid dienone is 1. The maximum absolute atomic E-state index is 13.0. The van der Waals surface area contributed by atoms with Gasteiger partial charge in [0.25, 0.3) is 0 Å². The van der Waals surface area contributed by atoms with Gasteiger partial charge in [-0.1, -0.05) is 30.4 Å². The molecular weight excluding hydrogens is 165 g/mol. The number of rotatable bonds is 4. The van der Waals surface area contributed by atoms with Gasteiger partial charge in [-0.2, -0.15) is 0 Å². The normalized spacial score (nSPS) is 10.9. The van der Waals surface area contributed by atoms with Gasteiger partial charge >= 0.3 is 0 Å². The third-order valence-electron chi connectivity index (χ3n) is 1.80. The van der Waals surface area contributed by atoms with E-state index in [0.29, 0.717) is 13.0 Å². The zero-order valence-electron chi connectivity index (χ0n) is 7.54. The van der Waals surface area contributed by atoms with Crippen LogP contribution in [-0.2, 0) is 6.42 Å².